The van der Waals surface area contributed by atoms with E-state index in [1.807, 2.05) is 0 Å². The topological polar surface area (TPSA) is 69.6 Å². The number of aromatic hydroxyl groups is 1. The molecule has 0 bridgehead atoms. The number of hydrogen-bond acceptors (Lipinski definition) is 3. The first-order valence-electron chi connectivity index (χ1n) is 6.45. The second-order valence-electron chi connectivity index (χ2n) is 6.07. The van der Waals surface area contributed by atoms with Crippen molar-refractivity contribution in [3.63, 3.8) is 0 Å². The van der Waals surface area contributed by atoms with E-state index < -0.39 is 0 Å². The standard InChI is InChI=1S/C15H23NO3/c1-10-12(6-5-7-13(10)18)14(19)16-11(9-17)8-15(2,3)4/h5-7,11,17-18H,8-9H2,1-4H3,(H,16,19). The van der Waals surface area contributed by atoms with Gasteiger partial charge in [0.1, 0.15) is 5.75 Å². The lowest BCUT2D eigenvalue weighted by molar-refractivity contribution is 0.0896. The number of aliphatic hydroxyl groups excluding tert-OH is 1. The maximum atomic E-state index is 12.1. The van der Waals surface area contributed by atoms with Crippen LogP contribution in [-0.4, -0.2) is 28.8 Å². The van der Waals surface area contributed by atoms with Crippen LogP contribution in [0.2, 0.25) is 0 Å². The van der Waals surface area contributed by atoms with Gasteiger partial charge in [-0.2, -0.15) is 0 Å². The highest BCUT2D eigenvalue weighted by Crippen LogP contribution is 2.22. The van der Waals surface area contributed by atoms with Crippen LogP contribution in [0.15, 0.2) is 18.2 Å². The number of hydrogen-bond donors (Lipinski definition) is 3. The first kappa shape index (κ1) is 15.5. The quantitative estimate of drug-likeness (QED) is 0.782. The van der Waals surface area contributed by atoms with Gasteiger partial charge in [0.25, 0.3) is 5.91 Å². The molecule has 1 unspecified atom stereocenters. The van der Waals surface area contributed by atoms with Crippen molar-refractivity contribution in [2.75, 3.05) is 6.61 Å². The molecule has 1 aromatic carbocycles. The van der Waals surface area contributed by atoms with Crippen molar-refractivity contribution in [1.82, 2.24) is 5.32 Å². The van der Waals surface area contributed by atoms with Gasteiger partial charge in [-0.15, -0.1) is 0 Å². The summed E-state index contributed by atoms with van der Waals surface area (Å²) in [5.74, 6) is -0.166. The average Bonchev–Trinajstić information content (AvgIpc) is 2.29. The molecule has 1 aromatic rings. The summed E-state index contributed by atoms with van der Waals surface area (Å²) in [7, 11) is 0. The first-order valence-corrected chi connectivity index (χ1v) is 6.45. The highest BCUT2D eigenvalue weighted by molar-refractivity contribution is 5.96. The predicted molar refractivity (Wildman–Crippen MR) is 75.3 cm³/mol. The highest BCUT2D eigenvalue weighted by Gasteiger charge is 2.21. The van der Waals surface area contributed by atoms with Gasteiger partial charge in [-0.25, -0.2) is 0 Å². The number of nitrogens with one attached hydrogen (secondary N) is 1. The number of amides is 1. The van der Waals surface area contributed by atoms with Crippen LogP contribution in [0.1, 0.15) is 43.1 Å². The molecular weight excluding hydrogens is 242 g/mol. The van der Waals surface area contributed by atoms with E-state index in [9.17, 15) is 15.0 Å². The Hall–Kier alpha value is -1.55. The lowest BCUT2D eigenvalue weighted by Crippen LogP contribution is -2.40. The number of carbonyl (C=O) groups excluding carboxylic acids is 1. The van der Waals surface area contributed by atoms with Crippen molar-refractivity contribution in [2.45, 2.75) is 40.2 Å². The number of phenols is 1. The Morgan fingerprint density at radius 3 is 2.53 bits per heavy atom. The molecule has 106 valence electrons. The smallest absolute Gasteiger partial charge is 0.251 e. The Morgan fingerprint density at radius 1 is 1.37 bits per heavy atom. The lowest BCUT2D eigenvalue weighted by atomic mass is 9.88. The third-order valence-electron chi connectivity index (χ3n) is 2.96. The fraction of sp³-hybridized carbons (Fsp3) is 0.533. The van der Waals surface area contributed by atoms with Crippen LogP contribution in [0.4, 0.5) is 0 Å². The zero-order chi connectivity index (χ0) is 14.6. The van der Waals surface area contributed by atoms with E-state index in [0.717, 1.165) is 0 Å². The van der Waals surface area contributed by atoms with Gasteiger partial charge in [0.05, 0.1) is 12.6 Å². The lowest BCUT2D eigenvalue weighted by Gasteiger charge is -2.25. The van der Waals surface area contributed by atoms with Gasteiger partial charge in [0.2, 0.25) is 0 Å². The van der Waals surface area contributed by atoms with E-state index in [1.165, 1.54) is 0 Å². The van der Waals surface area contributed by atoms with Crippen LogP contribution < -0.4 is 5.32 Å². The average molecular weight is 265 g/mol. The Labute approximate surface area is 114 Å². The molecule has 3 N–H and O–H groups in total. The normalized spacial score (nSPS) is 13.1. The zero-order valence-electron chi connectivity index (χ0n) is 12.0. The van der Waals surface area contributed by atoms with Gasteiger partial charge in [-0.1, -0.05) is 26.8 Å². The molecule has 0 fully saturated rings. The first-order chi connectivity index (χ1) is 8.74. The molecule has 1 amide bonds. The number of aliphatic hydroxyl groups is 1. The molecule has 1 atom stereocenters. The molecule has 0 heterocycles. The van der Waals surface area contributed by atoms with Crippen molar-refractivity contribution in [1.29, 1.82) is 0 Å². The van der Waals surface area contributed by atoms with Gasteiger partial charge in [0.15, 0.2) is 0 Å². The minimum absolute atomic E-state index is 0.0224. The Kier molecular flexibility index (Phi) is 4.95. The Balaban J connectivity index is 2.80. The van der Waals surface area contributed by atoms with E-state index in [2.05, 4.69) is 26.1 Å². The van der Waals surface area contributed by atoms with Gasteiger partial charge in [-0.05, 0) is 30.9 Å². The van der Waals surface area contributed by atoms with Crippen molar-refractivity contribution in [3.05, 3.63) is 29.3 Å². The molecule has 1 rings (SSSR count). The van der Waals surface area contributed by atoms with Crippen LogP contribution in [0.5, 0.6) is 5.75 Å². The molecule has 19 heavy (non-hydrogen) atoms. The van der Waals surface area contributed by atoms with Crippen LogP contribution in [0.25, 0.3) is 0 Å². The molecule has 0 aliphatic rings. The summed E-state index contributed by atoms with van der Waals surface area (Å²) in [4.78, 5) is 12.1. The number of benzene rings is 1. The summed E-state index contributed by atoms with van der Waals surface area (Å²) in [5, 5.41) is 21.7. The number of rotatable bonds is 4. The largest absolute Gasteiger partial charge is 0.508 e. The number of phenolic OH excluding ortho intramolecular Hbond substituents is 1. The number of carbonyl (C=O) groups is 1. The van der Waals surface area contributed by atoms with Gasteiger partial charge < -0.3 is 15.5 Å². The van der Waals surface area contributed by atoms with Gasteiger partial charge in [-0.3, -0.25) is 4.79 Å². The van der Waals surface area contributed by atoms with E-state index >= 15 is 0 Å². The summed E-state index contributed by atoms with van der Waals surface area (Å²) in [6, 6.07) is 4.56. The minimum Gasteiger partial charge on any atom is -0.508 e. The highest BCUT2D eigenvalue weighted by atomic mass is 16.3. The molecule has 4 heteroatoms. The monoisotopic (exact) mass is 265 g/mol. The van der Waals surface area contributed by atoms with Crippen molar-refractivity contribution >= 4 is 5.91 Å². The van der Waals surface area contributed by atoms with Crippen molar-refractivity contribution in [2.24, 2.45) is 5.41 Å². The molecule has 4 nitrogen and oxygen atoms in total. The molecule has 0 aromatic heterocycles. The predicted octanol–water partition coefficient (Wildman–Crippen LogP) is 2.23. The van der Waals surface area contributed by atoms with Gasteiger partial charge >= 0.3 is 0 Å². The fourth-order valence-electron chi connectivity index (χ4n) is 2.03. The molecular formula is C15H23NO3. The third-order valence-corrected chi connectivity index (χ3v) is 2.96. The maximum Gasteiger partial charge on any atom is 0.251 e. The SMILES string of the molecule is Cc1c(O)cccc1C(=O)NC(CO)CC(C)(C)C. The summed E-state index contributed by atoms with van der Waals surface area (Å²) in [5.41, 5.74) is 1.01. The van der Waals surface area contributed by atoms with E-state index in [-0.39, 0.29) is 29.7 Å². The minimum atomic E-state index is -0.283. The van der Waals surface area contributed by atoms with Crippen molar-refractivity contribution in [3.8, 4) is 5.75 Å². The molecule has 0 saturated heterocycles. The van der Waals surface area contributed by atoms with E-state index in [1.54, 1.807) is 25.1 Å². The van der Waals surface area contributed by atoms with E-state index in [4.69, 9.17) is 0 Å². The summed E-state index contributed by atoms with van der Waals surface area (Å²) in [6.07, 6.45) is 0.688. The fourth-order valence-corrected chi connectivity index (χ4v) is 2.03. The summed E-state index contributed by atoms with van der Waals surface area (Å²) in [6.45, 7) is 7.77. The molecule has 0 aliphatic heterocycles. The third kappa shape index (κ3) is 4.56. The second kappa shape index (κ2) is 6.06. The summed E-state index contributed by atoms with van der Waals surface area (Å²) >= 11 is 0. The molecule has 0 aliphatic carbocycles. The molecule has 0 saturated carbocycles. The molecule has 0 radical (unpaired) electrons. The molecule has 0 spiro atoms. The van der Waals surface area contributed by atoms with Crippen LogP contribution in [0.3, 0.4) is 0 Å². The van der Waals surface area contributed by atoms with Gasteiger partial charge in [0, 0.05) is 11.1 Å². The Morgan fingerprint density at radius 2 is 2.00 bits per heavy atom. The van der Waals surface area contributed by atoms with Crippen LogP contribution >= 0.6 is 0 Å². The maximum absolute atomic E-state index is 12.1. The Bertz CT molecular complexity index is 449. The van der Waals surface area contributed by atoms with Crippen LogP contribution in [0, 0.1) is 12.3 Å². The van der Waals surface area contributed by atoms with Crippen molar-refractivity contribution < 1.29 is 15.0 Å². The zero-order valence-corrected chi connectivity index (χ0v) is 12.0. The second-order valence-corrected chi connectivity index (χ2v) is 6.07. The summed E-state index contributed by atoms with van der Waals surface area (Å²) < 4.78 is 0. The van der Waals surface area contributed by atoms with Crippen LogP contribution in [-0.2, 0) is 0 Å². The van der Waals surface area contributed by atoms with E-state index in [0.29, 0.717) is 17.5 Å².